The van der Waals surface area contributed by atoms with Crippen LogP contribution >= 0.6 is 0 Å². The number of aliphatic hydroxyl groups is 1. The van der Waals surface area contributed by atoms with Crippen LogP contribution in [0, 0.1) is 0 Å². The third kappa shape index (κ3) is 2.03. The zero-order chi connectivity index (χ0) is 7.68. The van der Waals surface area contributed by atoms with E-state index in [2.05, 4.69) is 10.2 Å². The van der Waals surface area contributed by atoms with Crippen molar-refractivity contribution in [1.29, 1.82) is 0 Å². The summed E-state index contributed by atoms with van der Waals surface area (Å²) in [5, 5.41) is 17.4. The Morgan fingerprint density at radius 3 is 3.00 bits per heavy atom. The Morgan fingerprint density at radius 2 is 2.25 bits per heavy atom. The summed E-state index contributed by atoms with van der Waals surface area (Å²) in [5.74, 6) is 0. The molecule has 0 bridgehead atoms. The molecule has 0 spiro atoms. The second-order valence-electron chi connectivity index (χ2n) is 2.40. The first-order chi connectivity index (χ1) is 5.40. The molecule has 56 valence electrons. The second kappa shape index (κ2) is 4.62. The van der Waals surface area contributed by atoms with E-state index in [0.29, 0.717) is 0 Å². The van der Waals surface area contributed by atoms with Gasteiger partial charge in [-0.1, -0.05) is 12.1 Å². The van der Waals surface area contributed by atoms with E-state index < -0.39 is 0 Å². The molecule has 3 nitrogen and oxygen atoms in total. The normalized spacial score (nSPS) is 9.75. The van der Waals surface area contributed by atoms with Crippen LogP contribution < -0.4 is 63.3 Å². The molecule has 0 saturated heterocycles. The molecule has 1 N–H and O–H groups in total. The van der Waals surface area contributed by atoms with Gasteiger partial charge < -0.3 is 15.3 Å². The van der Waals surface area contributed by atoms with Crippen LogP contribution in [0.5, 0.6) is 0 Å². The standard InChI is InChI=1S/C8H7N2O.Rb/c11-5-6-1-2-8-7(3-6)4-9-10-8;/h1-4,11H,5H2;/q-1;+1. The molecule has 0 fully saturated rings. The molecule has 12 heavy (non-hydrogen) atoms. The Bertz CT molecular complexity index is 372. The predicted octanol–water partition coefficient (Wildman–Crippen LogP) is -2.31. The summed E-state index contributed by atoms with van der Waals surface area (Å²) in [6.45, 7) is 0.0706. The van der Waals surface area contributed by atoms with Crippen molar-refractivity contribution in [1.82, 2.24) is 10.2 Å². The minimum Gasteiger partial charge on any atom is -0.575 e. The maximum atomic E-state index is 8.79. The number of nitrogens with zero attached hydrogens (tertiary/aromatic N) is 2. The molecule has 0 aliphatic carbocycles. The summed E-state index contributed by atoms with van der Waals surface area (Å²) >= 11 is 0. The predicted molar refractivity (Wildman–Crippen MR) is 41.0 cm³/mol. The van der Waals surface area contributed by atoms with Gasteiger partial charge in [0.15, 0.2) is 0 Å². The van der Waals surface area contributed by atoms with Gasteiger partial charge in [-0.25, -0.2) is 0 Å². The van der Waals surface area contributed by atoms with Crippen LogP contribution in [0.15, 0.2) is 24.4 Å². The number of aliphatic hydroxyl groups excluding tert-OH is 1. The van der Waals surface area contributed by atoms with Gasteiger partial charge in [-0.05, 0) is 17.0 Å². The van der Waals surface area contributed by atoms with Gasteiger partial charge in [0.1, 0.15) is 0 Å². The maximum absolute atomic E-state index is 8.79. The van der Waals surface area contributed by atoms with E-state index in [1.807, 2.05) is 18.2 Å². The molecular weight excluding hydrogens is 226 g/mol. The topological polar surface area (TPSA) is 47.2 Å². The Balaban J connectivity index is 0.000000720. The smallest absolute Gasteiger partial charge is 0.575 e. The van der Waals surface area contributed by atoms with E-state index in [1.54, 1.807) is 6.20 Å². The molecule has 1 aromatic heterocycles. The summed E-state index contributed by atoms with van der Waals surface area (Å²) in [5.41, 5.74) is 1.77. The van der Waals surface area contributed by atoms with Crippen molar-refractivity contribution in [2.75, 3.05) is 0 Å². The van der Waals surface area contributed by atoms with Crippen LogP contribution in [0.25, 0.3) is 10.9 Å². The van der Waals surface area contributed by atoms with Crippen LogP contribution in [0.4, 0.5) is 0 Å². The number of fused-ring (bicyclic) bond motifs is 1. The number of aromatic nitrogens is 2. The van der Waals surface area contributed by atoms with Gasteiger partial charge in [0.05, 0.1) is 6.61 Å². The van der Waals surface area contributed by atoms with Gasteiger partial charge in [-0.2, -0.15) is 0 Å². The van der Waals surface area contributed by atoms with E-state index in [0.717, 1.165) is 16.5 Å². The molecule has 2 rings (SSSR count). The fraction of sp³-hybridized carbons (Fsp3) is 0.125. The van der Waals surface area contributed by atoms with Gasteiger partial charge in [0, 0.05) is 6.20 Å². The minimum atomic E-state index is 0. The van der Waals surface area contributed by atoms with E-state index >= 15 is 0 Å². The number of rotatable bonds is 1. The number of benzene rings is 1. The fourth-order valence-electron chi connectivity index (χ4n) is 1.05. The molecule has 0 amide bonds. The Labute approximate surface area is 119 Å². The SMILES string of the molecule is OCc1ccc2[n-]ncc2c1.[Rb+]. The van der Waals surface area contributed by atoms with Crippen LogP contribution in [0.2, 0.25) is 0 Å². The third-order valence-electron chi connectivity index (χ3n) is 1.64. The molecule has 0 unspecified atom stereocenters. The van der Waals surface area contributed by atoms with E-state index in [1.165, 1.54) is 0 Å². The molecule has 2 aromatic rings. The summed E-state index contributed by atoms with van der Waals surface area (Å²) in [7, 11) is 0. The van der Waals surface area contributed by atoms with E-state index in [9.17, 15) is 0 Å². The average molecular weight is 233 g/mol. The van der Waals surface area contributed by atoms with E-state index in [-0.39, 0.29) is 64.8 Å². The first kappa shape index (κ1) is 10.5. The quantitative estimate of drug-likeness (QED) is 0.601. The number of hydrogen-bond acceptors (Lipinski definition) is 2. The monoisotopic (exact) mass is 232 g/mol. The van der Waals surface area contributed by atoms with Gasteiger partial charge in [-0.15, -0.1) is 5.52 Å². The molecule has 4 heteroatoms. The minimum absolute atomic E-state index is 0. The van der Waals surface area contributed by atoms with Crippen molar-refractivity contribution >= 4 is 10.9 Å². The van der Waals surface area contributed by atoms with Crippen molar-refractivity contribution in [3.63, 3.8) is 0 Å². The Morgan fingerprint density at radius 1 is 1.42 bits per heavy atom. The summed E-state index contributed by atoms with van der Waals surface area (Å²) in [6.07, 6.45) is 1.69. The average Bonchev–Trinajstić information content (AvgIpc) is 2.50. The van der Waals surface area contributed by atoms with Gasteiger partial charge in [-0.3, -0.25) is 0 Å². The molecular formula is C8H7N2ORb. The Kier molecular flexibility index (Phi) is 4.06. The van der Waals surface area contributed by atoms with Crippen molar-refractivity contribution in [2.24, 2.45) is 0 Å². The first-order valence-corrected chi connectivity index (χ1v) is 3.38. The molecule has 0 atom stereocenters. The van der Waals surface area contributed by atoms with Crippen LogP contribution in [-0.4, -0.2) is 10.2 Å². The van der Waals surface area contributed by atoms with Gasteiger partial charge in [0.25, 0.3) is 0 Å². The maximum Gasteiger partial charge on any atom is 1.00 e. The Hall–Kier alpha value is 0.455. The largest absolute Gasteiger partial charge is 1.00 e. The van der Waals surface area contributed by atoms with E-state index in [4.69, 9.17) is 5.11 Å². The summed E-state index contributed by atoms with van der Waals surface area (Å²) in [6, 6.07) is 5.58. The molecule has 0 saturated carbocycles. The van der Waals surface area contributed by atoms with Crippen LogP contribution in [-0.2, 0) is 6.61 Å². The van der Waals surface area contributed by atoms with Gasteiger partial charge in [0.2, 0.25) is 0 Å². The zero-order valence-electron chi connectivity index (χ0n) is 6.86. The third-order valence-corrected chi connectivity index (χ3v) is 1.64. The number of hydrogen-bond donors (Lipinski definition) is 1. The molecule has 1 aromatic carbocycles. The van der Waals surface area contributed by atoms with Crippen LogP contribution in [0.1, 0.15) is 5.56 Å². The van der Waals surface area contributed by atoms with Crippen molar-refractivity contribution in [3.8, 4) is 0 Å². The van der Waals surface area contributed by atoms with Crippen LogP contribution in [0.3, 0.4) is 0 Å². The first-order valence-electron chi connectivity index (χ1n) is 3.38. The molecule has 0 aliphatic rings. The van der Waals surface area contributed by atoms with Crippen molar-refractivity contribution in [2.45, 2.75) is 6.61 Å². The second-order valence-corrected chi connectivity index (χ2v) is 2.40. The molecule has 1 heterocycles. The summed E-state index contributed by atoms with van der Waals surface area (Å²) < 4.78 is 0. The zero-order valence-corrected chi connectivity index (χ0v) is 11.8. The molecule has 0 aliphatic heterocycles. The van der Waals surface area contributed by atoms with Crippen molar-refractivity contribution < 1.29 is 63.3 Å². The fourth-order valence-corrected chi connectivity index (χ4v) is 1.05. The van der Waals surface area contributed by atoms with Gasteiger partial charge >= 0.3 is 58.2 Å². The van der Waals surface area contributed by atoms with Crippen molar-refractivity contribution in [3.05, 3.63) is 30.0 Å². The molecule has 0 radical (unpaired) electrons. The summed E-state index contributed by atoms with van der Waals surface area (Å²) in [4.78, 5) is 0.